The molecule has 31 heavy (non-hydrogen) atoms. The molecule has 3 aromatic rings. The first-order chi connectivity index (χ1) is 15.3. The zero-order chi connectivity index (χ0) is 21.0. The molecule has 1 aromatic carbocycles. The second-order valence-corrected chi connectivity index (χ2v) is 9.16. The van der Waals surface area contributed by atoms with E-state index in [1.807, 2.05) is 18.5 Å². The van der Waals surface area contributed by atoms with Gasteiger partial charge in [-0.15, -0.1) is 0 Å². The van der Waals surface area contributed by atoms with Gasteiger partial charge in [0, 0.05) is 54.2 Å². The van der Waals surface area contributed by atoms with E-state index >= 15 is 0 Å². The largest absolute Gasteiger partial charge is 0.379 e. The zero-order valence-electron chi connectivity index (χ0n) is 17.6. The van der Waals surface area contributed by atoms with Crippen molar-refractivity contribution in [3.63, 3.8) is 0 Å². The summed E-state index contributed by atoms with van der Waals surface area (Å²) in [4.78, 5) is 11.8. The maximum absolute atomic E-state index is 5.45. The van der Waals surface area contributed by atoms with E-state index in [0.717, 1.165) is 74.6 Å². The number of pyridine rings is 2. The fourth-order valence-electron chi connectivity index (χ4n) is 4.52. The van der Waals surface area contributed by atoms with Crippen LogP contribution in [0.15, 0.2) is 53.3 Å². The number of benzene rings is 1. The van der Waals surface area contributed by atoms with E-state index in [-0.39, 0.29) is 0 Å². The minimum absolute atomic E-state index is 0.795. The van der Waals surface area contributed by atoms with E-state index in [1.165, 1.54) is 27.8 Å². The third-order valence-electron chi connectivity index (χ3n) is 6.03. The van der Waals surface area contributed by atoms with Crippen molar-refractivity contribution in [2.75, 3.05) is 44.7 Å². The SMILES string of the molecule is Brc1ccc2c(c1)Cc1cc(Cc3cccnc3)nc(NCCCN3CCOCC3)c1-2. The van der Waals surface area contributed by atoms with E-state index in [9.17, 15) is 0 Å². The maximum atomic E-state index is 5.45. The summed E-state index contributed by atoms with van der Waals surface area (Å²) in [6, 6.07) is 12.9. The van der Waals surface area contributed by atoms with Crippen LogP contribution in [0.4, 0.5) is 5.82 Å². The average molecular weight is 479 g/mol. The normalized spacial score (nSPS) is 15.5. The summed E-state index contributed by atoms with van der Waals surface area (Å²) in [6.07, 6.45) is 6.58. The number of fused-ring (bicyclic) bond motifs is 3. The van der Waals surface area contributed by atoms with Crippen LogP contribution in [-0.2, 0) is 17.6 Å². The number of nitrogens with one attached hydrogen (secondary N) is 1. The smallest absolute Gasteiger partial charge is 0.134 e. The second kappa shape index (κ2) is 9.47. The van der Waals surface area contributed by atoms with Gasteiger partial charge < -0.3 is 10.1 Å². The molecule has 0 amide bonds. The number of morpholine rings is 1. The molecule has 2 aliphatic rings. The molecule has 5 rings (SSSR count). The average Bonchev–Trinajstić information content (AvgIpc) is 3.15. The molecule has 5 nitrogen and oxygen atoms in total. The summed E-state index contributed by atoms with van der Waals surface area (Å²) in [6.45, 7) is 5.79. The Labute approximate surface area is 192 Å². The summed E-state index contributed by atoms with van der Waals surface area (Å²) < 4.78 is 6.58. The van der Waals surface area contributed by atoms with Crippen molar-refractivity contribution in [3.8, 4) is 11.1 Å². The van der Waals surface area contributed by atoms with Crippen molar-refractivity contribution < 1.29 is 4.74 Å². The Balaban J connectivity index is 1.37. The molecule has 6 heteroatoms. The molecular weight excluding hydrogens is 452 g/mol. The van der Waals surface area contributed by atoms with E-state index in [1.54, 1.807) is 0 Å². The first-order valence-corrected chi connectivity index (χ1v) is 11.8. The topological polar surface area (TPSA) is 50.3 Å². The van der Waals surface area contributed by atoms with E-state index < -0.39 is 0 Å². The highest BCUT2D eigenvalue weighted by molar-refractivity contribution is 9.10. The van der Waals surface area contributed by atoms with Crippen LogP contribution in [0.2, 0.25) is 0 Å². The molecule has 0 unspecified atom stereocenters. The first kappa shape index (κ1) is 20.6. The number of anilines is 1. The minimum atomic E-state index is 0.795. The summed E-state index contributed by atoms with van der Waals surface area (Å²) >= 11 is 3.62. The second-order valence-electron chi connectivity index (χ2n) is 8.25. The summed E-state index contributed by atoms with van der Waals surface area (Å²) in [5.41, 5.74) is 7.57. The molecule has 1 aliphatic heterocycles. The molecule has 160 valence electrons. The lowest BCUT2D eigenvalue weighted by atomic mass is 10.0. The highest BCUT2D eigenvalue weighted by Crippen LogP contribution is 2.42. The van der Waals surface area contributed by atoms with Crippen LogP contribution >= 0.6 is 15.9 Å². The van der Waals surface area contributed by atoms with Crippen LogP contribution in [-0.4, -0.2) is 54.3 Å². The monoisotopic (exact) mass is 478 g/mol. The number of rotatable bonds is 7. The molecular formula is C25H27BrN4O. The van der Waals surface area contributed by atoms with Gasteiger partial charge in [0.2, 0.25) is 0 Å². The van der Waals surface area contributed by atoms with Crippen molar-refractivity contribution in [2.45, 2.75) is 19.3 Å². The fraction of sp³-hybridized carbons (Fsp3) is 0.360. The third kappa shape index (κ3) is 4.81. The molecule has 1 aliphatic carbocycles. The van der Waals surface area contributed by atoms with Gasteiger partial charge in [-0.3, -0.25) is 9.88 Å². The van der Waals surface area contributed by atoms with Gasteiger partial charge >= 0.3 is 0 Å². The van der Waals surface area contributed by atoms with E-state index in [0.29, 0.717) is 0 Å². The lowest BCUT2D eigenvalue weighted by Gasteiger charge is -2.26. The lowest BCUT2D eigenvalue weighted by molar-refractivity contribution is 0.0378. The quantitative estimate of drug-likeness (QED) is 0.395. The number of hydrogen-bond acceptors (Lipinski definition) is 5. The summed E-state index contributed by atoms with van der Waals surface area (Å²) in [7, 11) is 0. The van der Waals surface area contributed by atoms with Gasteiger partial charge in [-0.05, 0) is 65.9 Å². The molecule has 1 N–H and O–H groups in total. The van der Waals surface area contributed by atoms with Crippen LogP contribution in [0.3, 0.4) is 0 Å². The Morgan fingerprint density at radius 1 is 1.10 bits per heavy atom. The number of ether oxygens (including phenoxy) is 1. The molecule has 1 saturated heterocycles. The van der Waals surface area contributed by atoms with Crippen molar-refractivity contribution >= 4 is 21.7 Å². The fourth-order valence-corrected chi connectivity index (χ4v) is 4.93. The van der Waals surface area contributed by atoms with Gasteiger partial charge in [-0.2, -0.15) is 0 Å². The highest BCUT2D eigenvalue weighted by Gasteiger charge is 2.24. The molecule has 0 saturated carbocycles. The molecule has 0 atom stereocenters. The number of hydrogen-bond donors (Lipinski definition) is 1. The van der Waals surface area contributed by atoms with Crippen molar-refractivity contribution in [2.24, 2.45) is 0 Å². The Hall–Kier alpha value is -2.28. The van der Waals surface area contributed by atoms with Gasteiger partial charge in [0.25, 0.3) is 0 Å². The van der Waals surface area contributed by atoms with Crippen molar-refractivity contribution in [1.82, 2.24) is 14.9 Å². The van der Waals surface area contributed by atoms with Crippen LogP contribution < -0.4 is 5.32 Å². The number of aromatic nitrogens is 2. The Morgan fingerprint density at radius 2 is 2.00 bits per heavy atom. The van der Waals surface area contributed by atoms with Gasteiger partial charge in [0.05, 0.1) is 13.2 Å². The third-order valence-corrected chi connectivity index (χ3v) is 6.52. The van der Waals surface area contributed by atoms with Crippen LogP contribution in [0, 0.1) is 0 Å². The summed E-state index contributed by atoms with van der Waals surface area (Å²) in [5.74, 6) is 1.01. The lowest BCUT2D eigenvalue weighted by Crippen LogP contribution is -2.37. The predicted molar refractivity (Wildman–Crippen MR) is 128 cm³/mol. The van der Waals surface area contributed by atoms with Gasteiger partial charge in [-0.1, -0.05) is 28.1 Å². The highest BCUT2D eigenvalue weighted by atomic mass is 79.9. The number of halogens is 1. The minimum Gasteiger partial charge on any atom is -0.379 e. The molecule has 1 fully saturated rings. The van der Waals surface area contributed by atoms with Crippen LogP contribution in [0.1, 0.15) is 28.8 Å². The van der Waals surface area contributed by atoms with E-state index in [4.69, 9.17) is 9.72 Å². The van der Waals surface area contributed by atoms with Crippen molar-refractivity contribution in [3.05, 3.63) is 75.6 Å². The first-order valence-electron chi connectivity index (χ1n) is 11.0. The maximum Gasteiger partial charge on any atom is 0.134 e. The van der Waals surface area contributed by atoms with Crippen LogP contribution in [0.5, 0.6) is 0 Å². The molecule has 0 spiro atoms. The van der Waals surface area contributed by atoms with Gasteiger partial charge in [0.1, 0.15) is 5.82 Å². The Bertz CT molecular complexity index is 1050. The molecule has 3 heterocycles. The standard InChI is InChI=1S/C25H27BrN4O/c26-21-4-5-23-19(15-21)14-20-16-22(13-18-3-1-6-27-17-18)29-25(24(20)23)28-7-2-8-30-9-11-31-12-10-30/h1,3-6,15-17H,2,7-14H2,(H,28,29). The predicted octanol–water partition coefficient (Wildman–Crippen LogP) is 4.54. The Morgan fingerprint density at radius 3 is 2.84 bits per heavy atom. The van der Waals surface area contributed by atoms with Gasteiger partial charge in [0.15, 0.2) is 0 Å². The molecule has 0 radical (unpaired) electrons. The molecule has 0 bridgehead atoms. The van der Waals surface area contributed by atoms with Crippen LogP contribution in [0.25, 0.3) is 11.1 Å². The summed E-state index contributed by atoms with van der Waals surface area (Å²) in [5, 5.41) is 3.67. The van der Waals surface area contributed by atoms with Crippen molar-refractivity contribution in [1.29, 1.82) is 0 Å². The van der Waals surface area contributed by atoms with E-state index in [2.05, 4.69) is 61.5 Å². The number of nitrogens with zero attached hydrogens (tertiary/aromatic N) is 3. The zero-order valence-corrected chi connectivity index (χ0v) is 19.2. The molecule has 2 aromatic heterocycles. The Kier molecular flexibility index (Phi) is 6.30. The van der Waals surface area contributed by atoms with Gasteiger partial charge in [-0.25, -0.2) is 4.98 Å².